The largest absolute Gasteiger partial charge is 0.507 e. The molecule has 146 valence electrons. The normalized spacial score (nSPS) is 10.6. The number of ether oxygens (including phenoxy) is 1. The van der Waals surface area contributed by atoms with E-state index in [1.165, 1.54) is 12.1 Å². The van der Waals surface area contributed by atoms with Crippen molar-refractivity contribution in [1.82, 2.24) is 5.43 Å². The lowest BCUT2D eigenvalue weighted by Crippen LogP contribution is -2.17. The Kier molecular flexibility index (Phi) is 6.16. The molecule has 0 heterocycles. The molecule has 3 aromatic carbocycles. The molecular formula is C21H17N3O5. The number of nitrogens with one attached hydrogen (secondary N) is 1. The minimum Gasteiger partial charge on any atom is -0.507 e. The van der Waals surface area contributed by atoms with Crippen LogP contribution in [0.2, 0.25) is 0 Å². The van der Waals surface area contributed by atoms with Crippen LogP contribution in [0.3, 0.4) is 0 Å². The van der Waals surface area contributed by atoms with Gasteiger partial charge in [-0.05, 0) is 35.9 Å². The molecular weight excluding hydrogens is 374 g/mol. The Bertz CT molecular complexity index is 1030. The minimum absolute atomic E-state index is 0.115. The third-order valence-electron chi connectivity index (χ3n) is 3.96. The highest BCUT2D eigenvalue weighted by Gasteiger charge is 2.09. The molecule has 0 radical (unpaired) electrons. The molecule has 3 aromatic rings. The lowest BCUT2D eigenvalue weighted by Gasteiger charge is -2.07. The van der Waals surface area contributed by atoms with Gasteiger partial charge in [0.25, 0.3) is 11.6 Å². The highest BCUT2D eigenvalue weighted by Crippen LogP contribution is 2.21. The zero-order valence-electron chi connectivity index (χ0n) is 15.2. The first-order valence-electron chi connectivity index (χ1n) is 8.60. The summed E-state index contributed by atoms with van der Waals surface area (Å²) < 4.78 is 5.67. The summed E-state index contributed by atoms with van der Waals surface area (Å²) in [4.78, 5) is 22.3. The molecule has 0 bridgehead atoms. The Hall–Kier alpha value is -4.20. The Morgan fingerprint density at radius 2 is 1.83 bits per heavy atom. The fourth-order valence-corrected chi connectivity index (χ4v) is 2.43. The van der Waals surface area contributed by atoms with E-state index in [2.05, 4.69) is 10.5 Å². The number of nitro benzene ring substituents is 1. The van der Waals surface area contributed by atoms with Crippen LogP contribution in [0.25, 0.3) is 0 Å². The van der Waals surface area contributed by atoms with E-state index in [-0.39, 0.29) is 17.0 Å². The van der Waals surface area contributed by atoms with Crippen LogP contribution in [0.5, 0.6) is 11.5 Å². The van der Waals surface area contributed by atoms with Crippen molar-refractivity contribution in [3.05, 3.63) is 99.6 Å². The molecule has 8 nitrogen and oxygen atoms in total. The van der Waals surface area contributed by atoms with Gasteiger partial charge in [-0.2, -0.15) is 5.10 Å². The van der Waals surface area contributed by atoms with Crippen LogP contribution in [0, 0.1) is 10.1 Å². The first-order valence-corrected chi connectivity index (χ1v) is 8.60. The maximum atomic E-state index is 12.1. The average molecular weight is 391 g/mol. The Morgan fingerprint density at radius 3 is 2.52 bits per heavy atom. The second-order valence-corrected chi connectivity index (χ2v) is 6.00. The van der Waals surface area contributed by atoms with E-state index in [0.29, 0.717) is 17.9 Å². The van der Waals surface area contributed by atoms with Gasteiger partial charge >= 0.3 is 0 Å². The van der Waals surface area contributed by atoms with E-state index < -0.39 is 10.8 Å². The van der Waals surface area contributed by atoms with Gasteiger partial charge in [-0.25, -0.2) is 5.43 Å². The zero-order valence-corrected chi connectivity index (χ0v) is 15.2. The van der Waals surface area contributed by atoms with Crippen molar-refractivity contribution in [3.63, 3.8) is 0 Å². The van der Waals surface area contributed by atoms with Crippen LogP contribution in [0.1, 0.15) is 21.5 Å². The van der Waals surface area contributed by atoms with E-state index >= 15 is 0 Å². The second kappa shape index (κ2) is 9.14. The fourth-order valence-electron chi connectivity index (χ4n) is 2.43. The molecule has 8 heteroatoms. The van der Waals surface area contributed by atoms with Gasteiger partial charge < -0.3 is 9.84 Å². The summed E-state index contributed by atoms with van der Waals surface area (Å²) in [6.45, 7) is 0.420. The van der Waals surface area contributed by atoms with Crippen LogP contribution in [-0.2, 0) is 6.61 Å². The van der Waals surface area contributed by atoms with Crippen LogP contribution >= 0.6 is 0 Å². The quantitative estimate of drug-likeness (QED) is 0.363. The topological polar surface area (TPSA) is 114 Å². The van der Waals surface area contributed by atoms with Crippen LogP contribution in [0.4, 0.5) is 5.69 Å². The number of nitrogens with zero attached hydrogens (tertiary/aromatic N) is 2. The van der Waals surface area contributed by atoms with Gasteiger partial charge in [0.15, 0.2) is 0 Å². The maximum Gasteiger partial charge on any atom is 0.271 e. The summed E-state index contributed by atoms with van der Waals surface area (Å²) in [6, 6.07) is 19.8. The predicted molar refractivity (Wildman–Crippen MR) is 107 cm³/mol. The molecule has 29 heavy (non-hydrogen) atoms. The van der Waals surface area contributed by atoms with Crippen LogP contribution in [0.15, 0.2) is 77.9 Å². The SMILES string of the molecule is O=C(N/N=C/c1cc([N+](=O)[O-])ccc1O)c1ccc(OCc2ccccc2)cc1. The third kappa shape index (κ3) is 5.39. The summed E-state index contributed by atoms with van der Waals surface area (Å²) in [7, 11) is 0. The number of phenolic OH excluding ortho intramolecular Hbond substituents is 1. The number of rotatable bonds is 7. The first-order chi connectivity index (χ1) is 14.0. The number of hydrazone groups is 1. The maximum absolute atomic E-state index is 12.1. The third-order valence-corrected chi connectivity index (χ3v) is 3.96. The number of hydrogen-bond donors (Lipinski definition) is 2. The highest BCUT2D eigenvalue weighted by molar-refractivity contribution is 5.95. The molecule has 0 aromatic heterocycles. The Balaban J connectivity index is 1.57. The standard InChI is InChI=1S/C21H17N3O5/c25-20-11-8-18(24(27)28)12-17(20)13-22-23-21(26)16-6-9-19(10-7-16)29-14-15-4-2-1-3-5-15/h1-13,25H,14H2,(H,23,26)/b22-13+. The van der Waals surface area contributed by atoms with Crippen LogP contribution in [-0.4, -0.2) is 22.2 Å². The summed E-state index contributed by atoms with van der Waals surface area (Å²) >= 11 is 0. The molecule has 2 N–H and O–H groups in total. The predicted octanol–water partition coefficient (Wildman–Crippen LogP) is 3.64. The fraction of sp³-hybridized carbons (Fsp3) is 0.0476. The van der Waals surface area contributed by atoms with Crippen molar-refractivity contribution in [3.8, 4) is 11.5 Å². The average Bonchev–Trinajstić information content (AvgIpc) is 2.74. The van der Waals surface area contributed by atoms with Crippen LogP contribution < -0.4 is 10.2 Å². The number of hydrogen-bond acceptors (Lipinski definition) is 6. The van der Waals surface area contributed by atoms with Gasteiger partial charge in [0.1, 0.15) is 18.1 Å². The summed E-state index contributed by atoms with van der Waals surface area (Å²) in [5.74, 6) is -0.0373. The number of phenols is 1. The molecule has 0 saturated heterocycles. The number of benzene rings is 3. The van der Waals surface area contributed by atoms with Crippen molar-refractivity contribution in [1.29, 1.82) is 0 Å². The van der Waals surface area contributed by atoms with Gasteiger partial charge in [0.2, 0.25) is 0 Å². The van der Waals surface area contributed by atoms with E-state index in [9.17, 15) is 20.0 Å². The smallest absolute Gasteiger partial charge is 0.271 e. The van der Waals surface area contributed by atoms with E-state index in [1.54, 1.807) is 24.3 Å². The number of non-ortho nitro benzene ring substituents is 1. The van der Waals surface area contributed by atoms with Crippen molar-refractivity contribution < 1.29 is 19.6 Å². The number of aromatic hydroxyl groups is 1. The van der Waals surface area contributed by atoms with Gasteiger partial charge in [-0.3, -0.25) is 14.9 Å². The number of nitro groups is 1. The number of carbonyl (C=O) groups excluding carboxylic acids is 1. The monoisotopic (exact) mass is 391 g/mol. The van der Waals surface area contributed by atoms with Gasteiger partial charge in [-0.15, -0.1) is 0 Å². The molecule has 0 aliphatic carbocycles. The molecule has 0 saturated carbocycles. The van der Waals surface area contributed by atoms with Gasteiger partial charge in [-0.1, -0.05) is 30.3 Å². The van der Waals surface area contributed by atoms with E-state index in [1.807, 2.05) is 30.3 Å². The van der Waals surface area contributed by atoms with Crippen molar-refractivity contribution >= 4 is 17.8 Å². The molecule has 0 unspecified atom stereocenters. The molecule has 0 atom stereocenters. The molecule has 0 aliphatic rings. The summed E-state index contributed by atoms with van der Waals surface area (Å²) in [6.07, 6.45) is 1.14. The second-order valence-electron chi connectivity index (χ2n) is 6.00. The summed E-state index contributed by atoms with van der Waals surface area (Å²) in [5.41, 5.74) is 3.63. The number of carbonyl (C=O) groups is 1. The number of amides is 1. The molecule has 3 rings (SSSR count). The van der Waals surface area contributed by atoms with E-state index in [0.717, 1.165) is 17.8 Å². The minimum atomic E-state index is -0.587. The van der Waals surface area contributed by atoms with Crippen molar-refractivity contribution in [2.75, 3.05) is 0 Å². The molecule has 0 aliphatic heterocycles. The Morgan fingerprint density at radius 1 is 1.10 bits per heavy atom. The lowest BCUT2D eigenvalue weighted by atomic mass is 10.2. The highest BCUT2D eigenvalue weighted by atomic mass is 16.6. The van der Waals surface area contributed by atoms with Gasteiger partial charge in [0.05, 0.1) is 11.1 Å². The molecule has 1 amide bonds. The lowest BCUT2D eigenvalue weighted by molar-refractivity contribution is -0.384. The van der Waals surface area contributed by atoms with Crippen molar-refractivity contribution in [2.24, 2.45) is 5.10 Å². The zero-order chi connectivity index (χ0) is 20.6. The van der Waals surface area contributed by atoms with Gasteiger partial charge in [0, 0.05) is 23.3 Å². The molecule has 0 fully saturated rings. The van der Waals surface area contributed by atoms with Crippen molar-refractivity contribution in [2.45, 2.75) is 6.61 Å². The first kappa shape index (κ1) is 19.6. The Labute approximate surface area is 166 Å². The molecule has 0 spiro atoms. The van der Waals surface area contributed by atoms with E-state index in [4.69, 9.17) is 4.74 Å². The summed E-state index contributed by atoms with van der Waals surface area (Å²) in [5, 5.41) is 24.2.